The van der Waals surface area contributed by atoms with Crippen molar-refractivity contribution in [3.63, 3.8) is 0 Å². The van der Waals surface area contributed by atoms with E-state index in [0.717, 1.165) is 196 Å². The van der Waals surface area contributed by atoms with Crippen LogP contribution in [0.1, 0.15) is 178 Å². The maximum Gasteiger partial charge on any atom is 0.261 e. The van der Waals surface area contributed by atoms with Gasteiger partial charge >= 0.3 is 0 Å². The Balaban J connectivity index is 0.846. The van der Waals surface area contributed by atoms with Crippen LogP contribution >= 0.6 is 79.7 Å². The minimum Gasteiger partial charge on any atom is -0.306 e. The molecule has 4 aliphatic heterocycles. The van der Waals surface area contributed by atoms with Gasteiger partial charge in [0.25, 0.3) is 23.6 Å². The SMILES string of the molecule is CCCCC(CC)CN1C(=O)C2=C(c3ccc(-c4ccc(-c5ccc(-c6ccc(-c7ccc(C8=C9C(=O)N(CC(CC)CCCC)C(c%10cccs%10)=C9C(=O)N8CC(CC)CCCC)s7)s6)c6nsnc56)s4)s3)N(CC(CC)CCCC)C(=O)C2=C1c1cccs1. The summed E-state index contributed by atoms with van der Waals surface area (Å²) in [6, 6.07) is 29.9. The molecule has 4 aliphatic rings. The number of benzene rings is 1. The van der Waals surface area contributed by atoms with E-state index in [2.05, 4.69) is 128 Å². The van der Waals surface area contributed by atoms with E-state index in [9.17, 15) is 0 Å². The third-order valence-corrected chi connectivity index (χ3v) is 26.2. The van der Waals surface area contributed by atoms with Crippen LogP contribution in [0.4, 0.5) is 0 Å². The lowest BCUT2D eigenvalue weighted by atomic mass is 9.98. The zero-order valence-electron chi connectivity index (χ0n) is 53.9. The second kappa shape index (κ2) is 29.2. The van der Waals surface area contributed by atoms with Gasteiger partial charge in [-0.25, -0.2) is 0 Å². The normalized spacial score (nSPS) is 16.7. The fourth-order valence-electron chi connectivity index (χ4n) is 13.7. The molecule has 11 heterocycles. The first-order valence-corrected chi connectivity index (χ1v) is 39.2. The van der Waals surface area contributed by atoms with Crippen LogP contribution in [0.3, 0.4) is 0 Å². The van der Waals surface area contributed by atoms with Gasteiger partial charge in [0.2, 0.25) is 0 Å². The standard InChI is InChI=1S/C74H84N6O4S7/c1-9-17-23-45(13-5)41-77-67(57-27-21-39-85-57)61-63(73(77)83)69(79(71(61)81)43-47(15-7)25-19-11-3)59-37-35-55(89-59)53-33-31-51(87-53)49-29-30-50(66-65(49)75-91-76-66)52-32-34-54(88-52)56-36-38-60(90-56)70-64-62(72(82)80(70)44-48(16-8)26-20-12-4)68(58-28-22-40-86-58)78(74(64)84)42-46(14-6)24-18-10-2/h21-22,27-40,45-48H,9-20,23-26,41-44H2,1-8H3. The average Bonchev–Trinajstić information content (AvgIpc) is 1.57. The number of fused-ring (bicyclic) bond motifs is 3. The van der Waals surface area contributed by atoms with E-state index < -0.39 is 0 Å². The minimum absolute atomic E-state index is 0.0493. The second-order valence-electron chi connectivity index (χ2n) is 25.0. The van der Waals surface area contributed by atoms with Crippen molar-refractivity contribution in [2.75, 3.05) is 26.2 Å². The number of hydrogen-bond acceptors (Lipinski definition) is 13. The van der Waals surface area contributed by atoms with Crippen molar-refractivity contribution in [1.29, 1.82) is 0 Å². The maximum atomic E-state index is 15.2. The molecule has 476 valence electrons. The van der Waals surface area contributed by atoms with Gasteiger partial charge in [0, 0.05) is 66.6 Å². The fraction of sp³-hybridized carbons (Fsp3) is 0.432. The largest absolute Gasteiger partial charge is 0.306 e. The molecule has 12 rings (SSSR count). The number of carbonyl (C=O) groups is 4. The zero-order valence-corrected chi connectivity index (χ0v) is 59.6. The number of hydrogen-bond donors (Lipinski definition) is 0. The van der Waals surface area contributed by atoms with Crippen molar-refractivity contribution in [2.45, 2.75) is 158 Å². The predicted octanol–water partition coefficient (Wildman–Crippen LogP) is 21.2. The monoisotopic (exact) mass is 1340 g/mol. The highest BCUT2D eigenvalue weighted by Gasteiger charge is 2.52. The van der Waals surface area contributed by atoms with Gasteiger partial charge in [-0.1, -0.05) is 157 Å². The number of aromatic nitrogens is 2. The highest BCUT2D eigenvalue weighted by molar-refractivity contribution is 7.25. The molecule has 4 atom stereocenters. The molecule has 0 saturated carbocycles. The van der Waals surface area contributed by atoms with Crippen molar-refractivity contribution in [3.8, 4) is 40.4 Å². The van der Waals surface area contributed by atoms with Gasteiger partial charge in [-0.3, -0.25) is 19.2 Å². The summed E-state index contributed by atoms with van der Waals surface area (Å²) in [5.41, 5.74) is 9.18. The second-order valence-corrected chi connectivity index (χ2v) is 31.7. The molecule has 10 nitrogen and oxygen atoms in total. The average molecular weight is 1350 g/mol. The molecule has 0 fully saturated rings. The Bertz CT molecular complexity index is 3810. The maximum absolute atomic E-state index is 15.2. The van der Waals surface area contributed by atoms with E-state index >= 15 is 19.2 Å². The fourth-order valence-corrected chi connectivity index (χ4v) is 20.3. The van der Waals surface area contributed by atoms with Crippen molar-refractivity contribution in [2.24, 2.45) is 23.7 Å². The molecule has 0 saturated heterocycles. The lowest BCUT2D eigenvalue weighted by Crippen LogP contribution is -2.34. The van der Waals surface area contributed by atoms with Crippen LogP contribution in [0.25, 0.3) is 74.2 Å². The highest BCUT2D eigenvalue weighted by Crippen LogP contribution is 2.53. The first-order valence-electron chi connectivity index (χ1n) is 33.5. The van der Waals surface area contributed by atoms with E-state index in [0.29, 0.717) is 72.1 Å². The van der Waals surface area contributed by atoms with Gasteiger partial charge in [-0.2, -0.15) is 8.75 Å². The van der Waals surface area contributed by atoms with Crippen LogP contribution in [0.15, 0.2) is 118 Å². The van der Waals surface area contributed by atoms with Gasteiger partial charge in [0.15, 0.2) is 0 Å². The molecule has 0 N–H and O–H groups in total. The van der Waals surface area contributed by atoms with E-state index in [1.54, 1.807) is 68.0 Å². The number of thiophene rings is 6. The molecular formula is C74H84N6O4S7. The summed E-state index contributed by atoms with van der Waals surface area (Å²) in [6.45, 7) is 20.2. The van der Waals surface area contributed by atoms with Crippen LogP contribution in [0, 0.1) is 23.7 Å². The van der Waals surface area contributed by atoms with Crippen LogP contribution in [0.5, 0.6) is 0 Å². The molecule has 7 aromatic heterocycles. The lowest BCUT2D eigenvalue weighted by molar-refractivity contribution is -0.124. The first-order chi connectivity index (χ1) is 44.5. The molecule has 0 spiro atoms. The van der Waals surface area contributed by atoms with E-state index in [-0.39, 0.29) is 23.6 Å². The van der Waals surface area contributed by atoms with Gasteiger partial charge in [-0.05, 0) is 121 Å². The van der Waals surface area contributed by atoms with Crippen molar-refractivity contribution < 1.29 is 19.2 Å². The minimum atomic E-state index is -0.0493. The number of carbonyl (C=O) groups excluding carboxylic acids is 4. The highest BCUT2D eigenvalue weighted by atomic mass is 32.1. The number of nitrogens with zero attached hydrogens (tertiary/aromatic N) is 6. The first kappa shape index (κ1) is 65.2. The Labute approximate surface area is 566 Å². The van der Waals surface area contributed by atoms with Crippen molar-refractivity contribution in [3.05, 3.63) is 137 Å². The van der Waals surface area contributed by atoms with Crippen LogP contribution in [-0.2, 0) is 19.2 Å². The zero-order chi connectivity index (χ0) is 63.4. The molecule has 17 heteroatoms. The van der Waals surface area contributed by atoms with Crippen LogP contribution < -0.4 is 0 Å². The molecule has 0 radical (unpaired) electrons. The summed E-state index contributed by atoms with van der Waals surface area (Å²) in [4.78, 5) is 79.1. The van der Waals surface area contributed by atoms with Crippen LogP contribution in [-0.4, -0.2) is 78.2 Å². The van der Waals surface area contributed by atoms with E-state index in [1.807, 2.05) is 42.5 Å². The smallest absolute Gasteiger partial charge is 0.261 e. The molecule has 0 bridgehead atoms. The number of amides is 4. The number of rotatable bonds is 32. The molecule has 1 aromatic carbocycles. The van der Waals surface area contributed by atoms with Gasteiger partial charge < -0.3 is 19.6 Å². The summed E-state index contributed by atoms with van der Waals surface area (Å²) in [7, 11) is 0. The summed E-state index contributed by atoms with van der Waals surface area (Å²) < 4.78 is 9.89. The molecule has 4 amide bonds. The Morgan fingerprint density at radius 3 is 0.890 bits per heavy atom. The molecule has 8 aromatic rings. The molecule has 91 heavy (non-hydrogen) atoms. The topological polar surface area (TPSA) is 107 Å². The summed E-state index contributed by atoms with van der Waals surface area (Å²) in [6.07, 6.45) is 16.9. The van der Waals surface area contributed by atoms with E-state index in [1.165, 1.54) is 11.7 Å². The van der Waals surface area contributed by atoms with Gasteiger partial charge in [0.1, 0.15) is 11.0 Å². The number of unbranched alkanes of at least 4 members (excludes halogenated alkanes) is 4. The van der Waals surface area contributed by atoms with Crippen molar-refractivity contribution in [1.82, 2.24) is 28.3 Å². The van der Waals surface area contributed by atoms with E-state index in [4.69, 9.17) is 8.75 Å². The molecule has 4 unspecified atom stereocenters. The van der Waals surface area contributed by atoms with Gasteiger partial charge in [0.05, 0.1) is 76.3 Å². The summed E-state index contributed by atoms with van der Waals surface area (Å²) >= 11 is 11.2. The van der Waals surface area contributed by atoms with Gasteiger partial charge in [-0.15, -0.1) is 68.0 Å². The summed E-state index contributed by atoms with van der Waals surface area (Å²) in [5, 5.41) is 4.10. The molecular weight excluding hydrogens is 1260 g/mol. The third kappa shape index (κ3) is 12.7. The molecule has 0 aliphatic carbocycles. The Hall–Kier alpha value is -5.92. The quantitative estimate of drug-likeness (QED) is 0.0416. The van der Waals surface area contributed by atoms with Crippen molar-refractivity contribution >= 4 is 137 Å². The Morgan fingerprint density at radius 1 is 0.341 bits per heavy atom. The van der Waals surface area contributed by atoms with Crippen LogP contribution in [0.2, 0.25) is 0 Å². The third-order valence-electron chi connectivity index (χ3n) is 19.1. The Morgan fingerprint density at radius 2 is 0.615 bits per heavy atom. The predicted molar refractivity (Wildman–Crippen MR) is 387 cm³/mol. The lowest BCUT2D eigenvalue weighted by Gasteiger charge is -2.29. The Kier molecular flexibility index (Phi) is 20.9. The summed E-state index contributed by atoms with van der Waals surface area (Å²) in [5.74, 6) is 1.12.